The van der Waals surface area contributed by atoms with Crippen LogP contribution in [0.1, 0.15) is 44.4 Å². The quantitative estimate of drug-likeness (QED) is 0.724. The number of alkyl halides is 5. The topological polar surface area (TPSA) is 66.8 Å². The molecule has 1 aliphatic rings. The van der Waals surface area contributed by atoms with E-state index in [2.05, 4.69) is 0 Å². The zero-order valence-corrected chi connectivity index (χ0v) is 16.5. The number of sulfonamides is 1. The van der Waals surface area contributed by atoms with Crippen molar-refractivity contribution in [2.75, 3.05) is 12.8 Å². The Labute approximate surface area is 160 Å². The maximum atomic E-state index is 13.8. The Morgan fingerprint density at radius 3 is 2.29 bits per heavy atom. The number of rotatable bonds is 5. The maximum absolute atomic E-state index is 13.8. The Balaban J connectivity index is 2.67. The van der Waals surface area contributed by atoms with Crippen LogP contribution in [0.3, 0.4) is 0 Å². The Kier molecular flexibility index (Phi) is 5.79. The van der Waals surface area contributed by atoms with Gasteiger partial charge in [-0.3, -0.25) is 0 Å². The van der Waals surface area contributed by atoms with E-state index in [9.17, 15) is 35.5 Å². The van der Waals surface area contributed by atoms with Crippen LogP contribution in [0.2, 0.25) is 0 Å². The van der Waals surface area contributed by atoms with Crippen LogP contribution in [-0.4, -0.2) is 48.5 Å². The third-order valence-corrected chi connectivity index (χ3v) is 6.75. The van der Waals surface area contributed by atoms with Gasteiger partial charge in [0.05, 0.1) is 11.8 Å². The molecule has 2 atom stereocenters. The van der Waals surface area contributed by atoms with E-state index in [1.165, 1.54) is 13.8 Å². The van der Waals surface area contributed by atoms with Crippen molar-refractivity contribution in [1.82, 2.24) is 4.31 Å². The first-order chi connectivity index (χ1) is 12.6. The van der Waals surface area contributed by atoms with Crippen LogP contribution < -0.4 is 4.74 Å². The number of ether oxygens (including phenoxy) is 1. The van der Waals surface area contributed by atoms with Crippen LogP contribution >= 0.6 is 0 Å². The Bertz CT molecular complexity index is 838. The molecule has 0 aromatic heterocycles. The van der Waals surface area contributed by atoms with Crippen molar-refractivity contribution in [3.8, 4) is 5.75 Å². The first-order valence-corrected chi connectivity index (χ1v) is 10.1. The Morgan fingerprint density at radius 2 is 1.79 bits per heavy atom. The number of benzene rings is 1. The van der Waals surface area contributed by atoms with E-state index in [0.717, 1.165) is 17.4 Å². The predicted molar refractivity (Wildman–Crippen MR) is 91.7 cm³/mol. The molecule has 2 rings (SSSR count). The Morgan fingerprint density at radius 1 is 1.21 bits per heavy atom. The van der Waals surface area contributed by atoms with Gasteiger partial charge < -0.3 is 9.84 Å². The summed E-state index contributed by atoms with van der Waals surface area (Å²) in [5, 5.41) is 10.7. The van der Waals surface area contributed by atoms with Crippen LogP contribution in [0.15, 0.2) is 18.2 Å². The zero-order valence-electron chi connectivity index (χ0n) is 15.7. The minimum absolute atomic E-state index is 0.0689. The molecule has 0 spiro atoms. The monoisotopic (exact) mass is 431 g/mol. The summed E-state index contributed by atoms with van der Waals surface area (Å²) >= 11 is 0. The van der Waals surface area contributed by atoms with Crippen molar-refractivity contribution >= 4 is 10.0 Å². The summed E-state index contributed by atoms with van der Waals surface area (Å²) in [5.41, 5.74) is -2.92. The molecule has 0 aliphatic carbocycles. The van der Waals surface area contributed by atoms with Crippen LogP contribution in [0, 0.1) is 0 Å². The minimum atomic E-state index is -5.83. The molecule has 160 valence electrons. The van der Waals surface area contributed by atoms with Gasteiger partial charge in [-0.2, -0.15) is 26.3 Å². The van der Waals surface area contributed by atoms with Gasteiger partial charge in [0.15, 0.2) is 0 Å². The van der Waals surface area contributed by atoms with Crippen LogP contribution in [0.5, 0.6) is 5.75 Å². The van der Waals surface area contributed by atoms with Gasteiger partial charge in [-0.25, -0.2) is 8.42 Å². The highest BCUT2D eigenvalue weighted by Gasteiger charge is 2.59. The fraction of sp³-hybridized carbons (Fsp3) is 0.647. The summed E-state index contributed by atoms with van der Waals surface area (Å²) < 4.78 is 97.2. The molecule has 0 saturated heterocycles. The number of aliphatic hydroxyl groups excluding tert-OH is 1. The molecule has 1 N–H and O–H groups in total. The molecule has 11 heteroatoms. The van der Waals surface area contributed by atoms with Crippen molar-refractivity contribution in [2.24, 2.45) is 0 Å². The molecular weight excluding hydrogens is 409 g/mol. The average Bonchev–Trinajstić information content (AvgIpc) is 2.53. The number of halogens is 5. The van der Waals surface area contributed by atoms with E-state index in [4.69, 9.17) is 4.74 Å². The van der Waals surface area contributed by atoms with Gasteiger partial charge >= 0.3 is 12.1 Å². The molecule has 1 heterocycles. The van der Waals surface area contributed by atoms with Crippen LogP contribution in [0.4, 0.5) is 22.0 Å². The molecule has 0 amide bonds. The summed E-state index contributed by atoms with van der Waals surface area (Å²) in [6.45, 7) is 4.55. The highest BCUT2D eigenvalue weighted by Crippen LogP contribution is 2.48. The van der Waals surface area contributed by atoms with Crippen molar-refractivity contribution in [1.29, 1.82) is 0 Å². The zero-order chi connectivity index (χ0) is 21.7. The molecule has 5 nitrogen and oxygen atoms in total. The minimum Gasteiger partial charge on any atom is -0.485 e. The van der Waals surface area contributed by atoms with Gasteiger partial charge in [-0.1, -0.05) is 6.92 Å². The molecule has 0 unspecified atom stereocenters. The van der Waals surface area contributed by atoms with E-state index >= 15 is 0 Å². The normalized spacial score (nSPS) is 22.7. The fourth-order valence-corrected chi connectivity index (χ4v) is 4.47. The lowest BCUT2D eigenvalue weighted by molar-refractivity contribution is -0.289. The molecular formula is C17H22F5NO4S. The van der Waals surface area contributed by atoms with Crippen molar-refractivity contribution in [3.63, 3.8) is 0 Å². The summed E-state index contributed by atoms with van der Waals surface area (Å²) in [6.07, 6.45) is -7.08. The van der Waals surface area contributed by atoms with Crippen molar-refractivity contribution in [3.05, 3.63) is 29.3 Å². The summed E-state index contributed by atoms with van der Waals surface area (Å²) in [7, 11) is -2.75. The van der Waals surface area contributed by atoms with E-state index in [-0.39, 0.29) is 23.5 Å². The molecule has 0 fully saturated rings. The average molecular weight is 431 g/mol. The molecule has 1 aromatic carbocycles. The lowest BCUT2D eigenvalue weighted by atomic mass is 9.85. The van der Waals surface area contributed by atoms with E-state index in [0.29, 0.717) is 12.1 Å². The summed E-state index contributed by atoms with van der Waals surface area (Å²) in [4.78, 5) is 0. The summed E-state index contributed by atoms with van der Waals surface area (Å²) in [5.74, 6) is -5.49. The van der Waals surface area contributed by atoms with Gasteiger partial charge in [-0.05, 0) is 38.5 Å². The highest BCUT2D eigenvalue weighted by molar-refractivity contribution is 7.89. The van der Waals surface area contributed by atoms with Gasteiger partial charge in [0.2, 0.25) is 10.0 Å². The van der Waals surface area contributed by atoms with Gasteiger partial charge in [0, 0.05) is 18.2 Å². The van der Waals surface area contributed by atoms with E-state index < -0.39 is 45.4 Å². The number of hydrogen-bond donors (Lipinski definition) is 1. The maximum Gasteiger partial charge on any atom is 0.458 e. The third kappa shape index (κ3) is 3.84. The van der Waals surface area contributed by atoms with Crippen LogP contribution in [0.25, 0.3) is 0 Å². The molecule has 0 saturated carbocycles. The molecule has 1 aromatic rings. The third-order valence-electron chi connectivity index (χ3n) is 4.72. The number of hydrogen-bond acceptors (Lipinski definition) is 4. The number of likely N-dealkylation sites (N-methyl/N-ethyl adjacent to an activating group) is 1. The Hall–Kier alpha value is -1.46. The van der Waals surface area contributed by atoms with E-state index in [1.54, 1.807) is 6.92 Å². The second-order valence-electron chi connectivity index (χ2n) is 7.25. The number of nitrogens with zero attached hydrogens (tertiary/aromatic N) is 1. The first kappa shape index (κ1) is 22.8. The fourth-order valence-electron chi connectivity index (χ4n) is 3.10. The van der Waals surface area contributed by atoms with Crippen molar-refractivity contribution < 1.29 is 40.2 Å². The smallest absolute Gasteiger partial charge is 0.458 e. The lowest BCUT2D eigenvalue weighted by Gasteiger charge is -2.45. The molecule has 0 bridgehead atoms. The standard InChI is InChI=1S/C17H22F5NO4S/c1-5-8-28(25,26)23(4)13-11-9-10(16(18,19)17(20,21)22)6-7-12(11)27-15(2,3)14(13)24/h6-7,9,13-14,24H,5,8H2,1-4H3/t13-,14+/m0/s1. The van der Waals surface area contributed by atoms with Crippen LogP contribution in [-0.2, 0) is 15.9 Å². The molecule has 1 aliphatic heterocycles. The second-order valence-corrected chi connectivity index (χ2v) is 9.40. The SMILES string of the molecule is CCCS(=O)(=O)N(C)[C@H]1c2cc(C(F)(F)C(F)(F)F)ccc2OC(C)(C)[C@@H]1O. The van der Waals surface area contributed by atoms with Gasteiger partial charge in [0.1, 0.15) is 17.5 Å². The van der Waals surface area contributed by atoms with Gasteiger partial charge in [0.25, 0.3) is 0 Å². The number of fused-ring (bicyclic) bond motifs is 1. The highest BCUT2D eigenvalue weighted by atomic mass is 32.2. The summed E-state index contributed by atoms with van der Waals surface area (Å²) in [6, 6.07) is 0.673. The molecule has 28 heavy (non-hydrogen) atoms. The van der Waals surface area contributed by atoms with Crippen molar-refractivity contribution in [2.45, 2.75) is 57.0 Å². The first-order valence-electron chi connectivity index (χ1n) is 8.48. The largest absolute Gasteiger partial charge is 0.485 e. The number of aliphatic hydroxyl groups is 1. The van der Waals surface area contributed by atoms with Gasteiger partial charge in [-0.15, -0.1) is 0 Å². The predicted octanol–water partition coefficient (Wildman–Crippen LogP) is 3.59. The van der Waals surface area contributed by atoms with E-state index in [1.807, 2.05) is 0 Å². The molecule has 0 radical (unpaired) electrons. The lowest BCUT2D eigenvalue weighted by Crippen LogP contribution is -2.54. The second kappa shape index (κ2) is 7.10.